The van der Waals surface area contributed by atoms with Crippen LogP contribution in [0.2, 0.25) is 0 Å². The van der Waals surface area contributed by atoms with Crippen molar-refractivity contribution in [2.75, 3.05) is 0 Å². The molecule has 0 saturated heterocycles. The molecule has 0 unspecified atom stereocenters. The summed E-state index contributed by atoms with van der Waals surface area (Å²) in [5.41, 5.74) is 2.71. The van der Waals surface area contributed by atoms with Crippen molar-refractivity contribution in [3.8, 4) is 0 Å². The molecule has 34 heavy (non-hydrogen) atoms. The zero-order valence-corrected chi connectivity index (χ0v) is 21.4. The van der Waals surface area contributed by atoms with Gasteiger partial charge in [-0.25, -0.2) is 0 Å². The highest BCUT2D eigenvalue weighted by Gasteiger charge is 2.26. The van der Waals surface area contributed by atoms with Gasteiger partial charge in [0.25, 0.3) is 0 Å². The summed E-state index contributed by atoms with van der Waals surface area (Å²) >= 11 is 0. The van der Waals surface area contributed by atoms with Gasteiger partial charge in [0.2, 0.25) is 0 Å². The average Bonchev–Trinajstić information content (AvgIpc) is 2.90. The van der Waals surface area contributed by atoms with Crippen LogP contribution in [0.5, 0.6) is 0 Å². The Morgan fingerprint density at radius 1 is 0.353 bits per heavy atom. The first kappa shape index (κ1) is 22.7. The third kappa shape index (κ3) is 4.76. The van der Waals surface area contributed by atoms with Crippen molar-refractivity contribution in [1.82, 2.24) is 0 Å². The van der Waals surface area contributed by atoms with Crippen molar-refractivity contribution < 1.29 is 0 Å². The lowest BCUT2D eigenvalue weighted by Gasteiger charge is -2.28. The minimum atomic E-state index is -0.692. The van der Waals surface area contributed by atoms with Crippen molar-refractivity contribution in [2.24, 2.45) is 0 Å². The molecule has 0 N–H and O–H groups in total. The van der Waals surface area contributed by atoms with Crippen molar-refractivity contribution in [1.29, 1.82) is 0 Å². The molecule has 0 nitrogen and oxygen atoms in total. The van der Waals surface area contributed by atoms with Gasteiger partial charge in [0.1, 0.15) is 0 Å². The maximum Gasteiger partial charge on any atom is -0.00647 e. The van der Waals surface area contributed by atoms with Crippen molar-refractivity contribution in [3.63, 3.8) is 0 Å². The molecule has 0 aliphatic heterocycles. The van der Waals surface area contributed by atoms with Crippen LogP contribution >= 0.6 is 15.8 Å². The van der Waals surface area contributed by atoms with Gasteiger partial charge >= 0.3 is 0 Å². The van der Waals surface area contributed by atoms with E-state index in [1.54, 1.807) is 0 Å². The van der Waals surface area contributed by atoms with Gasteiger partial charge in [-0.3, -0.25) is 0 Å². The van der Waals surface area contributed by atoms with E-state index in [2.05, 4.69) is 147 Å². The second-order valence-corrected chi connectivity index (χ2v) is 12.8. The number of hydrogen-bond acceptors (Lipinski definition) is 0. The highest BCUT2D eigenvalue weighted by atomic mass is 31.1. The Bertz CT molecular complexity index is 1160. The fourth-order valence-electron chi connectivity index (χ4n) is 4.31. The molecule has 5 rings (SSSR count). The number of hydrogen-bond donors (Lipinski definition) is 0. The molecule has 5 aromatic carbocycles. The van der Waals surface area contributed by atoms with Crippen LogP contribution < -0.4 is 31.8 Å². The molecule has 5 aromatic rings. The van der Waals surface area contributed by atoms with E-state index in [1.165, 1.54) is 43.0 Å². The zero-order valence-electron chi connectivity index (χ0n) is 19.6. The van der Waals surface area contributed by atoms with E-state index in [9.17, 15) is 0 Å². The number of rotatable bonds is 6. The highest BCUT2D eigenvalue weighted by molar-refractivity contribution is 7.85. The Labute approximate surface area is 205 Å². The molecule has 0 aromatic heterocycles. The van der Waals surface area contributed by atoms with Crippen LogP contribution in [0.4, 0.5) is 0 Å². The van der Waals surface area contributed by atoms with E-state index in [-0.39, 0.29) is 0 Å². The van der Waals surface area contributed by atoms with E-state index >= 15 is 0 Å². The molecule has 0 spiro atoms. The summed E-state index contributed by atoms with van der Waals surface area (Å²) in [6, 6.07) is 49.2. The van der Waals surface area contributed by atoms with E-state index < -0.39 is 15.8 Å². The highest BCUT2D eigenvalue weighted by Crippen LogP contribution is 2.39. The Morgan fingerprint density at radius 3 is 0.824 bits per heavy atom. The topological polar surface area (TPSA) is 0 Å². The molecule has 2 heteroatoms. The van der Waals surface area contributed by atoms with Crippen molar-refractivity contribution >= 4 is 47.7 Å². The third-order valence-corrected chi connectivity index (χ3v) is 11.3. The number of aryl methyl sites for hydroxylation is 2. The summed E-state index contributed by atoms with van der Waals surface area (Å²) in [7, 11) is -1.38. The molecule has 0 heterocycles. The zero-order chi connectivity index (χ0) is 23.3. The summed E-state index contributed by atoms with van der Waals surface area (Å²) < 4.78 is 0. The van der Waals surface area contributed by atoms with Crippen LogP contribution in [-0.4, -0.2) is 0 Å². The molecular formula is C32H28P2. The molecule has 0 aliphatic carbocycles. The summed E-state index contributed by atoms with van der Waals surface area (Å²) in [6.07, 6.45) is 0. The van der Waals surface area contributed by atoms with Gasteiger partial charge in [0.05, 0.1) is 0 Å². The minimum Gasteiger partial charge on any atom is -0.0622 e. The Hall–Kier alpha value is -3.04. The first-order chi connectivity index (χ1) is 16.7. The fourth-order valence-corrected chi connectivity index (χ4v) is 9.73. The lowest BCUT2D eigenvalue weighted by Crippen LogP contribution is -2.35. The minimum absolute atomic E-state index is 0.692. The van der Waals surface area contributed by atoms with Gasteiger partial charge in [0.15, 0.2) is 0 Å². The van der Waals surface area contributed by atoms with Crippen LogP contribution in [0.3, 0.4) is 0 Å². The molecule has 0 atom stereocenters. The molecule has 0 aliphatic rings. The Morgan fingerprint density at radius 2 is 0.588 bits per heavy atom. The number of benzene rings is 5. The van der Waals surface area contributed by atoms with Gasteiger partial charge in [-0.05, 0) is 72.6 Å². The Kier molecular flexibility index (Phi) is 7.01. The maximum atomic E-state index is 2.47. The Balaban J connectivity index is 1.81. The standard InChI is InChI=1S/C32H28P2/c1-25-23-31(33(27-15-7-3-8-16-27)28-17-9-4-10-18-28)32(24-26(25)2)34(29-19-11-5-12-20-29)30-21-13-6-14-22-30/h3-24H,1-2H3. The van der Waals surface area contributed by atoms with Crippen LogP contribution in [0.25, 0.3) is 0 Å². The fraction of sp³-hybridized carbons (Fsp3) is 0.0625. The van der Waals surface area contributed by atoms with Crippen LogP contribution in [0.15, 0.2) is 133 Å². The van der Waals surface area contributed by atoms with Gasteiger partial charge in [0, 0.05) is 0 Å². The van der Waals surface area contributed by atoms with Crippen molar-refractivity contribution in [3.05, 3.63) is 145 Å². The summed E-state index contributed by atoms with van der Waals surface area (Å²) in [5, 5.41) is 8.51. The lowest BCUT2D eigenvalue weighted by atomic mass is 10.1. The quantitative estimate of drug-likeness (QED) is 0.272. The second-order valence-electron chi connectivity index (χ2n) is 8.44. The largest absolute Gasteiger partial charge is 0.0622 e. The van der Waals surface area contributed by atoms with Gasteiger partial charge < -0.3 is 0 Å². The average molecular weight is 475 g/mol. The summed E-state index contributed by atoms with van der Waals surface area (Å²) in [5.74, 6) is 0. The molecule has 0 saturated carbocycles. The molecule has 0 amide bonds. The van der Waals surface area contributed by atoms with E-state index in [4.69, 9.17) is 0 Å². The van der Waals surface area contributed by atoms with E-state index in [1.807, 2.05) is 0 Å². The predicted octanol–water partition coefficient (Wildman–Crippen LogP) is 5.82. The second kappa shape index (κ2) is 10.5. The SMILES string of the molecule is Cc1cc(P(c2ccccc2)c2ccccc2)c(P(c2ccccc2)c2ccccc2)cc1C. The molecule has 166 valence electrons. The molecule has 0 fully saturated rings. The molecular weight excluding hydrogens is 446 g/mol. The van der Waals surface area contributed by atoms with Crippen LogP contribution in [-0.2, 0) is 0 Å². The van der Waals surface area contributed by atoms with Crippen molar-refractivity contribution in [2.45, 2.75) is 13.8 Å². The van der Waals surface area contributed by atoms with E-state index in [0.29, 0.717) is 0 Å². The lowest BCUT2D eigenvalue weighted by molar-refractivity contribution is 1.36. The van der Waals surface area contributed by atoms with Crippen LogP contribution in [0, 0.1) is 13.8 Å². The van der Waals surface area contributed by atoms with Gasteiger partial charge in [-0.2, -0.15) is 0 Å². The first-order valence-corrected chi connectivity index (χ1v) is 14.3. The smallest absolute Gasteiger partial charge is 0.00647 e. The molecule has 0 bridgehead atoms. The third-order valence-electron chi connectivity index (χ3n) is 6.13. The monoisotopic (exact) mass is 474 g/mol. The van der Waals surface area contributed by atoms with Crippen LogP contribution in [0.1, 0.15) is 11.1 Å². The van der Waals surface area contributed by atoms with Gasteiger partial charge in [-0.1, -0.05) is 133 Å². The molecule has 0 radical (unpaired) electrons. The maximum absolute atomic E-state index is 2.47. The summed E-state index contributed by atoms with van der Waals surface area (Å²) in [4.78, 5) is 0. The van der Waals surface area contributed by atoms with Gasteiger partial charge in [-0.15, -0.1) is 0 Å². The predicted molar refractivity (Wildman–Crippen MR) is 153 cm³/mol. The normalized spacial score (nSPS) is 11.2. The summed E-state index contributed by atoms with van der Waals surface area (Å²) in [6.45, 7) is 4.50. The van der Waals surface area contributed by atoms with E-state index in [0.717, 1.165) is 0 Å². The first-order valence-electron chi connectivity index (χ1n) is 11.6.